The number of carboxylic acid groups (broad SMARTS) is 1. The summed E-state index contributed by atoms with van der Waals surface area (Å²) in [5.74, 6) is -1.03. The van der Waals surface area contributed by atoms with E-state index in [9.17, 15) is 14.9 Å². The Balaban J connectivity index is 2.87. The van der Waals surface area contributed by atoms with Crippen LogP contribution in [0.4, 0.5) is 11.4 Å². The monoisotopic (exact) mass is 268 g/mol. The number of anilines is 1. The summed E-state index contributed by atoms with van der Waals surface area (Å²) in [6.07, 6.45) is 0.271. The molecule has 1 aromatic rings. The Bertz CT molecular complexity index is 475. The molecule has 19 heavy (non-hydrogen) atoms. The molecule has 1 atom stereocenters. The topological polar surface area (TPSA) is 102 Å². The van der Waals surface area contributed by atoms with Crippen LogP contribution in [-0.2, 0) is 9.53 Å². The highest BCUT2D eigenvalue weighted by Gasteiger charge is 2.18. The molecule has 0 heterocycles. The van der Waals surface area contributed by atoms with Crippen molar-refractivity contribution in [2.24, 2.45) is 0 Å². The minimum Gasteiger partial charge on any atom is -0.480 e. The lowest BCUT2D eigenvalue weighted by Crippen LogP contribution is -2.30. The maximum Gasteiger partial charge on any atom is 0.326 e. The van der Waals surface area contributed by atoms with Crippen LogP contribution < -0.4 is 5.32 Å². The van der Waals surface area contributed by atoms with Gasteiger partial charge in [-0.15, -0.1) is 0 Å². The Labute approximate surface area is 110 Å². The molecule has 0 fully saturated rings. The van der Waals surface area contributed by atoms with Crippen molar-refractivity contribution in [1.29, 1.82) is 0 Å². The quantitative estimate of drug-likeness (QED) is 0.577. The number of nitrogens with zero attached hydrogens (tertiary/aromatic N) is 1. The minimum absolute atomic E-state index is 0.0409. The van der Waals surface area contributed by atoms with Crippen LogP contribution in [0, 0.1) is 17.0 Å². The molecule has 0 amide bonds. The molecular formula is C12H16N2O5. The average Bonchev–Trinajstić information content (AvgIpc) is 2.35. The second kappa shape index (κ2) is 6.69. The Hall–Kier alpha value is -2.15. The van der Waals surface area contributed by atoms with Crippen LogP contribution in [0.25, 0.3) is 0 Å². The van der Waals surface area contributed by atoms with E-state index in [0.717, 1.165) is 0 Å². The number of rotatable bonds is 7. The van der Waals surface area contributed by atoms with E-state index in [0.29, 0.717) is 11.3 Å². The first-order chi connectivity index (χ1) is 8.95. The number of nitro groups is 1. The van der Waals surface area contributed by atoms with E-state index in [1.165, 1.54) is 13.2 Å². The fourth-order valence-electron chi connectivity index (χ4n) is 1.59. The van der Waals surface area contributed by atoms with Gasteiger partial charge < -0.3 is 15.2 Å². The summed E-state index contributed by atoms with van der Waals surface area (Å²) >= 11 is 0. The first kappa shape index (κ1) is 14.9. The number of nitrogens with one attached hydrogen (secondary N) is 1. The highest BCUT2D eigenvalue weighted by molar-refractivity contribution is 5.77. The predicted molar refractivity (Wildman–Crippen MR) is 69.4 cm³/mol. The van der Waals surface area contributed by atoms with Crippen molar-refractivity contribution in [1.82, 2.24) is 0 Å². The summed E-state index contributed by atoms with van der Waals surface area (Å²) < 4.78 is 4.83. The Kier molecular flexibility index (Phi) is 5.25. The Morgan fingerprint density at radius 3 is 2.79 bits per heavy atom. The predicted octanol–water partition coefficient (Wildman–Crippen LogP) is 1.80. The van der Waals surface area contributed by atoms with Crippen molar-refractivity contribution in [2.45, 2.75) is 19.4 Å². The second-order valence-electron chi connectivity index (χ2n) is 4.08. The molecule has 1 unspecified atom stereocenters. The fraction of sp³-hybridized carbons (Fsp3) is 0.417. The van der Waals surface area contributed by atoms with Gasteiger partial charge in [0.2, 0.25) is 0 Å². The number of methoxy groups -OCH3 is 1. The van der Waals surface area contributed by atoms with Crippen LogP contribution in [-0.4, -0.2) is 35.8 Å². The van der Waals surface area contributed by atoms with Crippen molar-refractivity contribution in [3.63, 3.8) is 0 Å². The molecule has 1 aromatic carbocycles. The number of carboxylic acids is 1. The van der Waals surface area contributed by atoms with Crippen LogP contribution in [0.1, 0.15) is 12.0 Å². The SMILES string of the molecule is COCCC(Nc1ccc(C)c([N+](=O)[O-])c1)C(=O)O. The van der Waals surface area contributed by atoms with E-state index in [2.05, 4.69) is 5.32 Å². The van der Waals surface area contributed by atoms with Gasteiger partial charge in [0.25, 0.3) is 5.69 Å². The Morgan fingerprint density at radius 1 is 1.58 bits per heavy atom. The third kappa shape index (κ3) is 4.22. The van der Waals surface area contributed by atoms with Gasteiger partial charge in [-0.1, -0.05) is 6.07 Å². The largest absolute Gasteiger partial charge is 0.480 e. The lowest BCUT2D eigenvalue weighted by molar-refractivity contribution is -0.385. The van der Waals surface area contributed by atoms with E-state index in [4.69, 9.17) is 9.84 Å². The standard InChI is InChI=1S/C12H16N2O5/c1-8-3-4-9(7-11(8)14(17)18)13-10(12(15)16)5-6-19-2/h3-4,7,10,13H,5-6H2,1-2H3,(H,15,16). The van der Waals surface area contributed by atoms with E-state index >= 15 is 0 Å². The lowest BCUT2D eigenvalue weighted by Gasteiger charge is -2.15. The van der Waals surface area contributed by atoms with Gasteiger partial charge in [0.15, 0.2) is 0 Å². The summed E-state index contributed by atoms with van der Waals surface area (Å²) in [4.78, 5) is 21.4. The van der Waals surface area contributed by atoms with Crippen molar-refractivity contribution in [3.05, 3.63) is 33.9 Å². The number of aliphatic carboxylic acids is 1. The number of aryl methyl sites for hydroxylation is 1. The molecule has 7 nitrogen and oxygen atoms in total. The highest BCUT2D eigenvalue weighted by atomic mass is 16.6. The summed E-state index contributed by atoms with van der Waals surface area (Å²) in [6, 6.07) is 3.68. The van der Waals surface area contributed by atoms with Gasteiger partial charge in [-0.3, -0.25) is 10.1 Å². The van der Waals surface area contributed by atoms with Crippen LogP contribution in [0.3, 0.4) is 0 Å². The highest BCUT2D eigenvalue weighted by Crippen LogP contribution is 2.23. The normalized spacial score (nSPS) is 11.9. The summed E-state index contributed by atoms with van der Waals surface area (Å²) in [7, 11) is 1.48. The zero-order chi connectivity index (χ0) is 14.4. The molecular weight excluding hydrogens is 252 g/mol. The number of hydrogen-bond acceptors (Lipinski definition) is 5. The van der Waals surface area contributed by atoms with Gasteiger partial charge >= 0.3 is 5.97 Å². The summed E-state index contributed by atoms with van der Waals surface area (Å²) in [5, 5.41) is 22.6. The smallest absolute Gasteiger partial charge is 0.326 e. The van der Waals surface area contributed by atoms with E-state index < -0.39 is 16.9 Å². The van der Waals surface area contributed by atoms with Crippen molar-refractivity contribution < 1.29 is 19.6 Å². The molecule has 1 rings (SSSR count). The average molecular weight is 268 g/mol. The zero-order valence-corrected chi connectivity index (χ0v) is 10.8. The first-order valence-electron chi connectivity index (χ1n) is 5.69. The molecule has 104 valence electrons. The van der Waals surface area contributed by atoms with Gasteiger partial charge in [-0.05, 0) is 13.0 Å². The van der Waals surface area contributed by atoms with E-state index in [1.54, 1.807) is 19.1 Å². The third-order valence-corrected chi connectivity index (χ3v) is 2.66. The van der Waals surface area contributed by atoms with Crippen molar-refractivity contribution in [2.75, 3.05) is 19.0 Å². The van der Waals surface area contributed by atoms with Gasteiger partial charge in [-0.25, -0.2) is 4.79 Å². The van der Waals surface area contributed by atoms with Crippen LogP contribution in [0.15, 0.2) is 18.2 Å². The molecule has 0 aliphatic rings. The van der Waals surface area contributed by atoms with Crippen molar-refractivity contribution >= 4 is 17.3 Å². The summed E-state index contributed by atoms with van der Waals surface area (Å²) in [5.41, 5.74) is 0.890. The number of carbonyl (C=O) groups is 1. The number of hydrogen-bond donors (Lipinski definition) is 2. The zero-order valence-electron chi connectivity index (χ0n) is 10.8. The number of ether oxygens (including phenoxy) is 1. The molecule has 7 heteroatoms. The molecule has 0 aromatic heterocycles. The molecule has 0 aliphatic heterocycles. The van der Waals surface area contributed by atoms with Crippen LogP contribution >= 0.6 is 0 Å². The molecule has 0 saturated carbocycles. The first-order valence-corrected chi connectivity index (χ1v) is 5.69. The molecule has 2 N–H and O–H groups in total. The van der Waals surface area contributed by atoms with Crippen molar-refractivity contribution in [3.8, 4) is 0 Å². The number of benzene rings is 1. The molecule has 0 spiro atoms. The maximum atomic E-state index is 11.0. The van der Waals surface area contributed by atoms with Gasteiger partial charge in [0, 0.05) is 37.5 Å². The molecule has 0 radical (unpaired) electrons. The molecule has 0 bridgehead atoms. The van der Waals surface area contributed by atoms with Gasteiger partial charge in [0.1, 0.15) is 6.04 Å². The van der Waals surface area contributed by atoms with Crippen LogP contribution in [0.2, 0.25) is 0 Å². The lowest BCUT2D eigenvalue weighted by atomic mass is 10.1. The van der Waals surface area contributed by atoms with Gasteiger partial charge in [0.05, 0.1) is 4.92 Å². The van der Waals surface area contributed by atoms with Gasteiger partial charge in [-0.2, -0.15) is 0 Å². The van der Waals surface area contributed by atoms with E-state index in [-0.39, 0.29) is 18.7 Å². The molecule has 0 aliphatic carbocycles. The van der Waals surface area contributed by atoms with Crippen LogP contribution in [0.5, 0.6) is 0 Å². The minimum atomic E-state index is -1.03. The summed E-state index contributed by atoms with van der Waals surface area (Å²) in [6.45, 7) is 1.92. The third-order valence-electron chi connectivity index (χ3n) is 2.66. The maximum absolute atomic E-state index is 11.0. The Morgan fingerprint density at radius 2 is 2.26 bits per heavy atom. The fourth-order valence-corrected chi connectivity index (χ4v) is 1.59. The second-order valence-corrected chi connectivity index (χ2v) is 4.08. The molecule has 0 saturated heterocycles. The number of nitro benzene ring substituents is 1. The van der Waals surface area contributed by atoms with E-state index in [1.807, 2.05) is 0 Å².